The van der Waals surface area contributed by atoms with E-state index < -0.39 is 18.0 Å². The fourth-order valence-corrected chi connectivity index (χ4v) is 13.3. The summed E-state index contributed by atoms with van der Waals surface area (Å²) in [7, 11) is 0. The third-order valence-corrected chi connectivity index (χ3v) is 14.7. The topological polar surface area (TPSA) is 112 Å². The van der Waals surface area contributed by atoms with E-state index in [0.29, 0.717) is 46.3 Å². The van der Waals surface area contributed by atoms with E-state index in [-0.39, 0.29) is 48.3 Å². The first kappa shape index (κ1) is 36.2. The summed E-state index contributed by atoms with van der Waals surface area (Å²) in [6.45, 7) is 21.0. The van der Waals surface area contributed by atoms with Crippen molar-refractivity contribution in [2.45, 2.75) is 157 Å². The molecule has 0 aromatic rings. The second-order valence-corrected chi connectivity index (χ2v) is 17.1. The number of aliphatic hydroxyl groups is 2. The summed E-state index contributed by atoms with van der Waals surface area (Å²) in [5.74, 6) is 3.01. The Kier molecular flexibility index (Phi) is 9.98. The van der Waals surface area contributed by atoms with Gasteiger partial charge in [0.15, 0.2) is 12.4 Å². The van der Waals surface area contributed by atoms with E-state index in [0.717, 1.165) is 32.0 Å². The van der Waals surface area contributed by atoms with E-state index in [9.17, 15) is 19.8 Å². The molecule has 8 heteroatoms. The Morgan fingerprint density at radius 3 is 2.33 bits per heavy atom. The van der Waals surface area contributed by atoms with Crippen molar-refractivity contribution in [1.82, 2.24) is 0 Å². The lowest BCUT2D eigenvalue weighted by molar-refractivity contribution is -0.220. The zero-order valence-electron chi connectivity index (χ0n) is 30.3. The van der Waals surface area contributed by atoms with E-state index >= 15 is 0 Å². The van der Waals surface area contributed by atoms with Crippen LogP contribution in [0.4, 0.5) is 0 Å². The van der Waals surface area contributed by atoms with E-state index in [1.807, 2.05) is 13.8 Å². The zero-order chi connectivity index (χ0) is 34.0. The molecule has 1 aliphatic heterocycles. The van der Waals surface area contributed by atoms with Crippen LogP contribution in [0.3, 0.4) is 0 Å². The highest BCUT2D eigenvalue weighted by molar-refractivity contribution is 5.66. The maximum Gasteiger partial charge on any atom is 0.303 e. The van der Waals surface area contributed by atoms with Gasteiger partial charge in [-0.3, -0.25) is 9.59 Å². The van der Waals surface area contributed by atoms with Crippen LogP contribution in [0.15, 0.2) is 0 Å². The van der Waals surface area contributed by atoms with Gasteiger partial charge in [0.05, 0.1) is 37.1 Å². The molecule has 0 amide bonds. The van der Waals surface area contributed by atoms with Crippen molar-refractivity contribution < 1.29 is 38.7 Å². The second-order valence-electron chi connectivity index (χ2n) is 17.1. The largest absolute Gasteiger partial charge is 0.457 e. The summed E-state index contributed by atoms with van der Waals surface area (Å²) < 4.78 is 24.4. The number of aldehydes is 1. The highest BCUT2D eigenvalue weighted by Gasteiger charge is 2.85. The van der Waals surface area contributed by atoms with Gasteiger partial charge in [0.25, 0.3) is 0 Å². The van der Waals surface area contributed by atoms with E-state index in [1.54, 1.807) is 13.8 Å². The van der Waals surface area contributed by atoms with Gasteiger partial charge in [-0.2, -0.15) is 0 Å². The molecule has 5 saturated carbocycles. The first-order valence-corrected chi connectivity index (χ1v) is 18.5. The molecule has 6 fully saturated rings. The lowest BCUT2D eigenvalue weighted by Crippen LogP contribution is -2.56. The number of esters is 1. The molecule has 0 bridgehead atoms. The van der Waals surface area contributed by atoms with Gasteiger partial charge in [0.1, 0.15) is 0 Å². The van der Waals surface area contributed by atoms with Crippen LogP contribution in [0, 0.1) is 57.2 Å². The minimum Gasteiger partial charge on any atom is -0.457 e. The van der Waals surface area contributed by atoms with Crippen LogP contribution < -0.4 is 0 Å². The second kappa shape index (κ2) is 12.7. The quantitative estimate of drug-likeness (QED) is 0.170. The summed E-state index contributed by atoms with van der Waals surface area (Å²) in [5.41, 5.74) is -0.369. The average molecular weight is 649 g/mol. The standard InChI is InChI=1S/C36H58O8.C2H6/c1-20-17-26(31(33(6,7)40)42-22(3)39)43-25-18-24-23-9-10-27-32(4,5)28(44-29(19-38)41-16-15-37)11-12-36(27)21(2)35(23,36)14-13-34(24,8)30(20)25;1-2/h19-21,23-31,37,40H,9-18H2,1-8H3;1-2H3/t20-,21+,23+,24?,25-,26-,27?,28+,29?,30?,31+,34+,35+,36?;/m1./s1. The van der Waals surface area contributed by atoms with Crippen LogP contribution >= 0.6 is 0 Å². The number of aliphatic hydroxyl groups excluding tert-OH is 1. The van der Waals surface area contributed by atoms with E-state index in [1.165, 1.54) is 32.6 Å². The Hall–Kier alpha value is -1.06. The Morgan fingerprint density at radius 1 is 1.02 bits per heavy atom. The van der Waals surface area contributed by atoms with Crippen LogP contribution in [0.25, 0.3) is 0 Å². The number of ether oxygens (including phenoxy) is 4. The minimum atomic E-state index is -1.18. The van der Waals surface area contributed by atoms with Crippen LogP contribution in [-0.2, 0) is 28.5 Å². The molecular formula is C38H64O8. The van der Waals surface area contributed by atoms with Gasteiger partial charge in [-0.1, -0.05) is 48.5 Å². The highest BCUT2D eigenvalue weighted by Crippen LogP contribution is 2.89. The number of fused-ring (bicyclic) bond motifs is 4. The van der Waals surface area contributed by atoms with Gasteiger partial charge in [-0.25, -0.2) is 0 Å². The van der Waals surface area contributed by atoms with Crippen molar-refractivity contribution in [1.29, 1.82) is 0 Å². The van der Waals surface area contributed by atoms with E-state index in [4.69, 9.17) is 18.9 Å². The van der Waals surface area contributed by atoms with Crippen molar-refractivity contribution in [2.75, 3.05) is 13.2 Å². The first-order chi connectivity index (χ1) is 21.6. The van der Waals surface area contributed by atoms with Gasteiger partial charge in [0.2, 0.25) is 6.29 Å². The lowest BCUT2D eigenvalue weighted by atomic mass is 9.46. The molecule has 1 saturated heterocycles. The maximum atomic E-state index is 12.0. The molecule has 14 atom stereocenters. The number of hydrogen-bond acceptors (Lipinski definition) is 8. The van der Waals surface area contributed by atoms with Crippen molar-refractivity contribution in [3.8, 4) is 0 Å². The summed E-state index contributed by atoms with van der Waals surface area (Å²) >= 11 is 0. The molecule has 5 unspecified atom stereocenters. The molecule has 2 spiro atoms. The molecule has 5 aliphatic carbocycles. The highest BCUT2D eigenvalue weighted by atomic mass is 16.7. The number of carbonyl (C=O) groups excluding carboxylic acids is 2. The molecule has 8 nitrogen and oxygen atoms in total. The molecule has 6 aliphatic rings. The summed E-state index contributed by atoms with van der Waals surface area (Å²) in [4.78, 5) is 23.7. The van der Waals surface area contributed by atoms with Crippen LogP contribution in [0.2, 0.25) is 0 Å². The van der Waals surface area contributed by atoms with Crippen LogP contribution in [0.1, 0.15) is 121 Å². The maximum absolute atomic E-state index is 12.0. The van der Waals surface area contributed by atoms with Crippen molar-refractivity contribution in [3.63, 3.8) is 0 Å². The SMILES string of the molecule is CC.CC(=O)O[C@@H]([C@H]1C[C@@H](C)C2[C@@H](CC3[C@@H]4CCC5C(C)(C)[C@@H](OC(C=O)OCCO)CCC56[C@@H](C)[C@@]46CC[C@]23C)O1)C(C)(C)O. The Balaban J connectivity index is 0.00000204. The van der Waals surface area contributed by atoms with Crippen LogP contribution in [0.5, 0.6) is 0 Å². The van der Waals surface area contributed by atoms with Gasteiger partial charge in [-0.05, 0) is 122 Å². The third-order valence-electron chi connectivity index (χ3n) is 14.7. The van der Waals surface area contributed by atoms with E-state index in [2.05, 4.69) is 34.6 Å². The normalized spacial score (nSPS) is 46.5. The zero-order valence-corrected chi connectivity index (χ0v) is 30.3. The lowest BCUT2D eigenvalue weighted by Gasteiger charge is -2.60. The monoisotopic (exact) mass is 648 g/mol. The predicted molar refractivity (Wildman–Crippen MR) is 176 cm³/mol. The smallest absolute Gasteiger partial charge is 0.303 e. The summed E-state index contributed by atoms with van der Waals surface area (Å²) in [6.07, 6.45) is 7.71. The predicted octanol–water partition coefficient (Wildman–Crippen LogP) is 6.33. The fourth-order valence-electron chi connectivity index (χ4n) is 13.3. The number of carbonyl (C=O) groups is 2. The molecule has 0 radical (unpaired) electrons. The number of hydrogen-bond donors (Lipinski definition) is 2. The fraction of sp³-hybridized carbons (Fsp3) is 0.947. The van der Waals surface area contributed by atoms with Crippen LogP contribution in [-0.4, -0.2) is 72.0 Å². The molecule has 0 aromatic heterocycles. The molecule has 2 N–H and O–H groups in total. The first-order valence-electron chi connectivity index (χ1n) is 18.5. The van der Waals surface area contributed by atoms with Crippen molar-refractivity contribution >= 4 is 12.3 Å². The van der Waals surface area contributed by atoms with Gasteiger partial charge < -0.3 is 29.2 Å². The summed E-state index contributed by atoms with van der Waals surface area (Å²) in [6, 6.07) is 0. The Bertz CT molecular complexity index is 1120. The molecule has 6 rings (SSSR count). The summed E-state index contributed by atoms with van der Waals surface area (Å²) in [5, 5.41) is 20.1. The van der Waals surface area contributed by atoms with Gasteiger partial charge in [-0.15, -0.1) is 0 Å². The minimum absolute atomic E-state index is 0.0521. The Morgan fingerprint density at radius 2 is 1.72 bits per heavy atom. The van der Waals surface area contributed by atoms with Gasteiger partial charge in [0, 0.05) is 6.92 Å². The molecule has 0 aromatic carbocycles. The Labute approximate surface area is 278 Å². The average Bonchev–Trinajstić information content (AvgIpc) is 3.35. The van der Waals surface area contributed by atoms with Gasteiger partial charge >= 0.3 is 5.97 Å². The molecular weight excluding hydrogens is 584 g/mol. The third kappa shape index (κ3) is 5.25. The van der Waals surface area contributed by atoms with Crippen molar-refractivity contribution in [2.24, 2.45) is 57.2 Å². The molecule has 46 heavy (non-hydrogen) atoms. The van der Waals surface area contributed by atoms with Crippen molar-refractivity contribution in [3.05, 3.63) is 0 Å². The number of rotatable bonds is 9. The molecule has 264 valence electrons. The molecule has 1 heterocycles.